The third kappa shape index (κ3) is 5.39. The van der Waals surface area contributed by atoms with Crippen molar-refractivity contribution in [2.24, 2.45) is 0 Å². The van der Waals surface area contributed by atoms with Gasteiger partial charge in [-0.1, -0.05) is 6.07 Å². The maximum absolute atomic E-state index is 12.0. The summed E-state index contributed by atoms with van der Waals surface area (Å²) in [6.07, 6.45) is 0. The summed E-state index contributed by atoms with van der Waals surface area (Å²) in [7, 11) is 1.62. The zero-order valence-corrected chi connectivity index (χ0v) is 16.6. The van der Waals surface area contributed by atoms with Crippen LogP contribution in [0, 0.1) is 3.57 Å². The summed E-state index contributed by atoms with van der Waals surface area (Å²) >= 11 is 5.67. The summed E-state index contributed by atoms with van der Waals surface area (Å²) in [6, 6.07) is 13.2. The van der Waals surface area contributed by atoms with Crippen molar-refractivity contribution in [1.82, 2.24) is 5.32 Å². The second-order valence-corrected chi connectivity index (χ2v) is 7.03. The molecule has 2 aromatic rings. The van der Waals surface area contributed by atoms with Crippen LogP contribution in [-0.4, -0.2) is 19.6 Å². The molecule has 0 saturated carbocycles. The van der Waals surface area contributed by atoms with Gasteiger partial charge >= 0.3 is 0 Å². The highest BCUT2D eigenvalue weighted by molar-refractivity contribution is 14.1. The number of benzene rings is 2. The summed E-state index contributed by atoms with van der Waals surface area (Å²) in [5.74, 6) is 1.28. The van der Waals surface area contributed by atoms with Gasteiger partial charge in [-0.25, -0.2) is 0 Å². The van der Waals surface area contributed by atoms with Gasteiger partial charge < -0.3 is 14.8 Å². The van der Waals surface area contributed by atoms with Gasteiger partial charge in [-0.3, -0.25) is 4.79 Å². The zero-order chi connectivity index (χ0) is 16.8. The number of hydrogen-bond donors (Lipinski definition) is 1. The molecular weight excluding hydrogens is 473 g/mol. The predicted octanol–water partition coefficient (Wildman–Crippen LogP) is 4.32. The van der Waals surface area contributed by atoms with E-state index < -0.39 is 0 Å². The topological polar surface area (TPSA) is 47.6 Å². The molecule has 0 saturated heterocycles. The Bertz CT molecular complexity index is 676. The van der Waals surface area contributed by atoms with Crippen LogP contribution in [0.1, 0.15) is 18.5 Å². The normalized spacial score (nSPS) is 11.7. The molecule has 0 aliphatic carbocycles. The van der Waals surface area contributed by atoms with E-state index in [1.165, 1.54) is 0 Å². The summed E-state index contributed by atoms with van der Waals surface area (Å²) in [5, 5.41) is 2.92. The van der Waals surface area contributed by atoms with E-state index in [2.05, 4.69) is 43.8 Å². The lowest BCUT2D eigenvalue weighted by Crippen LogP contribution is -2.31. The number of carbonyl (C=O) groups is 1. The van der Waals surface area contributed by atoms with Crippen LogP contribution in [0.2, 0.25) is 0 Å². The molecule has 1 atom stereocenters. The summed E-state index contributed by atoms with van der Waals surface area (Å²) < 4.78 is 12.7. The van der Waals surface area contributed by atoms with Gasteiger partial charge in [-0.05, 0) is 87.4 Å². The lowest BCUT2D eigenvalue weighted by molar-refractivity contribution is -0.123. The van der Waals surface area contributed by atoms with Crippen molar-refractivity contribution in [3.8, 4) is 11.5 Å². The quantitative estimate of drug-likeness (QED) is 0.615. The van der Waals surface area contributed by atoms with Crippen LogP contribution < -0.4 is 14.8 Å². The van der Waals surface area contributed by atoms with E-state index in [1.807, 2.05) is 49.4 Å². The molecule has 0 spiro atoms. The third-order valence-electron chi connectivity index (χ3n) is 3.24. The Kier molecular flexibility index (Phi) is 6.71. The van der Waals surface area contributed by atoms with Gasteiger partial charge in [-0.15, -0.1) is 0 Å². The van der Waals surface area contributed by atoms with Gasteiger partial charge in [0, 0.05) is 3.57 Å². The van der Waals surface area contributed by atoms with Crippen molar-refractivity contribution < 1.29 is 14.3 Å². The number of ether oxygens (including phenoxy) is 2. The smallest absolute Gasteiger partial charge is 0.258 e. The Hall–Kier alpha value is -1.28. The lowest BCUT2D eigenvalue weighted by Gasteiger charge is -2.16. The maximum atomic E-state index is 12.0. The molecule has 0 aliphatic rings. The maximum Gasteiger partial charge on any atom is 0.258 e. The summed E-state index contributed by atoms with van der Waals surface area (Å²) in [5.41, 5.74) is 0.986. The minimum atomic E-state index is -0.164. The first-order valence-electron chi connectivity index (χ1n) is 7.00. The van der Waals surface area contributed by atoms with Crippen LogP contribution >= 0.6 is 38.5 Å². The second-order valence-electron chi connectivity index (χ2n) is 4.93. The number of methoxy groups -OCH3 is 1. The van der Waals surface area contributed by atoms with Crippen LogP contribution in [0.25, 0.3) is 0 Å². The van der Waals surface area contributed by atoms with Gasteiger partial charge in [0.15, 0.2) is 6.61 Å². The monoisotopic (exact) mass is 489 g/mol. The summed E-state index contributed by atoms with van der Waals surface area (Å²) in [4.78, 5) is 12.0. The fourth-order valence-corrected chi connectivity index (χ4v) is 2.92. The molecule has 4 nitrogen and oxygen atoms in total. The fourth-order valence-electron chi connectivity index (χ4n) is 2.00. The van der Waals surface area contributed by atoms with E-state index in [1.54, 1.807) is 7.11 Å². The second kappa shape index (κ2) is 8.54. The van der Waals surface area contributed by atoms with E-state index >= 15 is 0 Å². The number of halogens is 2. The zero-order valence-electron chi connectivity index (χ0n) is 12.8. The first-order valence-corrected chi connectivity index (χ1v) is 8.88. The molecule has 122 valence electrons. The molecular formula is C17H17BrINO3. The largest absolute Gasteiger partial charge is 0.496 e. The molecule has 2 aromatic carbocycles. The molecule has 6 heteroatoms. The molecule has 0 fully saturated rings. The Morgan fingerprint density at radius 1 is 1.26 bits per heavy atom. The standard InChI is InChI=1S/C17H17BrINO3/c1-11(12-3-8-16(22-2)15(18)9-12)20-17(21)10-23-14-6-4-13(19)5-7-14/h3-9,11H,10H2,1-2H3,(H,20,21). The van der Waals surface area contributed by atoms with E-state index in [4.69, 9.17) is 9.47 Å². The Morgan fingerprint density at radius 3 is 2.57 bits per heavy atom. The van der Waals surface area contributed by atoms with Crippen molar-refractivity contribution in [2.45, 2.75) is 13.0 Å². The van der Waals surface area contributed by atoms with Crippen LogP contribution in [-0.2, 0) is 4.79 Å². The molecule has 0 aliphatic heterocycles. The average molecular weight is 490 g/mol. The number of hydrogen-bond acceptors (Lipinski definition) is 3. The van der Waals surface area contributed by atoms with Gasteiger partial charge in [0.2, 0.25) is 0 Å². The number of nitrogens with one attached hydrogen (secondary N) is 1. The number of rotatable bonds is 6. The molecule has 0 bridgehead atoms. The van der Waals surface area contributed by atoms with Crippen molar-refractivity contribution in [3.05, 3.63) is 56.1 Å². The molecule has 0 heterocycles. The SMILES string of the molecule is COc1ccc(C(C)NC(=O)COc2ccc(I)cc2)cc1Br. The third-order valence-corrected chi connectivity index (χ3v) is 4.58. The molecule has 1 N–H and O–H groups in total. The van der Waals surface area contributed by atoms with Crippen molar-refractivity contribution in [1.29, 1.82) is 0 Å². The van der Waals surface area contributed by atoms with Gasteiger partial charge in [0.05, 0.1) is 17.6 Å². The van der Waals surface area contributed by atoms with Crippen molar-refractivity contribution in [3.63, 3.8) is 0 Å². The Morgan fingerprint density at radius 2 is 1.96 bits per heavy atom. The minimum Gasteiger partial charge on any atom is -0.496 e. The highest BCUT2D eigenvalue weighted by Gasteiger charge is 2.12. The van der Waals surface area contributed by atoms with Gasteiger partial charge in [0.25, 0.3) is 5.91 Å². The lowest BCUT2D eigenvalue weighted by atomic mass is 10.1. The van der Waals surface area contributed by atoms with E-state index in [-0.39, 0.29) is 18.6 Å². The van der Waals surface area contributed by atoms with E-state index in [0.717, 1.165) is 19.4 Å². The molecule has 2 rings (SSSR count). The Labute approximate surface area is 157 Å². The average Bonchev–Trinajstić information content (AvgIpc) is 2.54. The van der Waals surface area contributed by atoms with E-state index in [9.17, 15) is 4.79 Å². The van der Waals surface area contributed by atoms with Gasteiger partial charge in [-0.2, -0.15) is 0 Å². The van der Waals surface area contributed by atoms with Crippen LogP contribution in [0.15, 0.2) is 46.9 Å². The van der Waals surface area contributed by atoms with Crippen molar-refractivity contribution in [2.75, 3.05) is 13.7 Å². The molecule has 1 unspecified atom stereocenters. The number of carbonyl (C=O) groups excluding carboxylic acids is 1. The van der Waals surface area contributed by atoms with E-state index in [0.29, 0.717) is 5.75 Å². The minimum absolute atomic E-state index is 0.0117. The molecule has 0 aromatic heterocycles. The highest BCUT2D eigenvalue weighted by Crippen LogP contribution is 2.27. The molecule has 23 heavy (non-hydrogen) atoms. The summed E-state index contributed by atoms with van der Waals surface area (Å²) in [6.45, 7) is 1.92. The van der Waals surface area contributed by atoms with Crippen LogP contribution in [0.3, 0.4) is 0 Å². The Balaban J connectivity index is 1.89. The van der Waals surface area contributed by atoms with Crippen LogP contribution in [0.5, 0.6) is 11.5 Å². The first kappa shape index (κ1) is 18.1. The fraction of sp³-hybridized carbons (Fsp3) is 0.235. The number of amides is 1. The molecule has 0 radical (unpaired) electrons. The predicted molar refractivity (Wildman–Crippen MR) is 102 cm³/mol. The molecule has 1 amide bonds. The van der Waals surface area contributed by atoms with Gasteiger partial charge in [0.1, 0.15) is 11.5 Å². The van der Waals surface area contributed by atoms with Crippen LogP contribution in [0.4, 0.5) is 0 Å². The first-order chi connectivity index (χ1) is 11.0. The highest BCUT2D eigenvalue weighted by atomic mass is 127. The van der Waals surface area contributed by atoms with Crippen molar-refractivity contribution >= 4 is 44.4 Å².